The molecule has 0 saturated heterocycles. The molecule has 0 atom stereocenters. The van der Waals surface area contributed by atoms with Crippen LogP contribution in [-0.4, -0.2) is 13.1 Å². The maximum atomic E-state index is 11.7. The van der Waals surface area contributed by atoms with Crippen molar-refractivity contribution in [2.75, 3.05) is 7.11 Å². The van der Waals surface area contributed by atoms with Crippen LogP contribution in [-0.2, 0) is 9.47 Å². The van der Waals surface area contributed by atoms with Gasteiger partial charge in [0.25, 0.3) is 0 Å². The Labute approximate surface area is 147 Å². The Bertz CT molecular complexity index is 948. The lowest BCUT2D eigenvalue weighted by Crippen LogP contribution is -1.96. The summed E-state index contributed by atoms with van der Waals surface area (Å²) < 4.78 is 10.3. The van der Waals surface area contributed by atoms with Crippen LogP contribution in [0.2, 0.25) is 0 Å². The number of benzene rings is 2. The van der Waals surface area contributed by atoms with Crippen molar-refractivity contribution in [3.05, 3.63) is 96.1 Å². The smallest absolute Gasteiger partial charge is 0.344 e. The SMILES string of the molecule is C=Cc1ccc(C(=C)c2ccc3c(c2)C(=C)OC3=O)cc1C(=C)OC. The van der Waals surface area contributed by atoms with Crippen molar-refractivity contribution in [1.82, 2.24) is 0 Å². The highest BCUT2D eigenvalue weighted by Crippen LogP contribution is 2.33. The van der Waals surface area contributed by atoms with Gasteiger partial charge >= 0.3 is 5.97 Å². The van der Waals surface area contributed by atoms with Crippen LogP contribution in [0.5, 0.6) is 0 Å². The van der Waals surface area contributed by atoms with E-state index in [0.717, 1.165) is 27.8 Å². The Kier molecular flexibility index (Phi) is 4.15. The van der Waals surface area contributed by atoms with Crippen LogP contribution in [0.4, 0.5) is 0 Å². The average molecular weight is 330 g/mol. The van der Waals surface area contributed by atoms with E-state index in [9.17, 15) is 4.79 Å². The number of esters is 1. The van der Waals surface area contributed by atoms with Gasteiger partial charge in [-0.2, -0.15) is 0 Å². The molecule has 3 rings (SSSR count). The fourth-order valence-corrected chi connectivity index (χ4v) is 2.80. The van der Waals surface area contributed by atoms with Crippen molar-refractivity contribution in [3.63, 3.8) is 0 Å². The van der Waals surface area contributed by atoms with E-state index < -0.39 is 0 Å². The van der Waals surface area contributed by atoms with Crippen LogP contribution >= 0.6 is 0 Å². The number of carbonyl (C=O) groups excluding carboxylic acids is 1. The summed E-state index contributed by atoms with van der Waals surface area (Å²) in [6.07, 6.45) is 1.76. The van der Waals surface area contributed by atoms with Crippen LogP contribution in [0, 0.1) is 0 Å². The first-order valence-electron chi connectivity index (χ1n) is 7.71. The maximum Gasteiger partial charge on any atom is 0.344 e. The van der Waals surface area contributed by atoms with Crippen molar-refractivity contribution >= 4 is 29.1 Å². The van der Waals surface area contributed by atoms with Crippen LogP contribution in [0.1, 0.15) is 38.2 Å². The van der Waals surface area contributed by atoms with Gasteiger partial charge in [0.15, 0.2) is 0 Å². The van der Waals surface area contributed by atoms with Crippen LogP contribution in [0.15, 0.2) is 62.7 Å². The first-order chi connectivity index (χ1) is 12.0. The van der Waals surface area contributed by atoms with Gasteiger partial charge in [0, 0.05) is 11.1 Å². The molecule has 0 saturated carbocycles. The zero-order valence-electron chi connectivity index (χ0n) is 14.1. The third-order valence-corrected chi connectivity index (χ3v) is 4.27. The predicted octanol–water partition coefficient (Wildman–Crippen LogP) is 5.15. The molecule has 2 aromatic rings. The lowest BCUT2D eigenvalue weighted by molar-refractivity contribution is 0.0716. The molecule has 3 heteroatoms. The molecule has 1 aliphatic rings. The van der Waals surface area contributed by atoms with Gasteiger partial charge in [0.05, 0.1) is 12.7 Å². The van der Waals surface area contributed by atoms with Gasteiger partial charge in [-0.25, -0.2) is 4.79 Å². The Morgan fingerprint density at radius 2 is 1.76 bits per heavy atom. The fourth-order valence-electron chi connectivity index (χ4n) is 2.80. The van der Waals surface area contributed by atoms with Gasteiger partial charge in [0.1, 0.15) is 11.5 Å². The molecule has 0 aliphatic carbocycles. The molecule has 0 fully saturated rings. The lowest BCUT2D eigenvalue weighted by Gasteiger charge is -2.13. The van der Waals surface area contributed by atoms with Gasteiger partial charge in [-0.1, -0.05) is 50.6 Å². The quantitative estimate of drug-likeness (QED) is 0.562. The molecule has 1 heterocycles. The summed E-state index contributed by atoms with van der Waals surface area (Å²) in [5.74, 6) is 0.558. The second-order valence-electron chi connectivity index (χ2n) is 5.69. The number of carbonyl (C=O) groups is 1. The summed E-state index contributed by atoms with van der Waals surface area (Å²) in [6, 6.07) is 11.4. The summed E-state index contributed by atoms with van der Waals surface area (Å²) in [6.45, 7) is 15.7. The Hall–Kier alpha value is -3.33. The Morgan fingerprint density at radius 3 is 2.44 bits per heavy atom. The number of rotatable bonds is 5. The highest BCUT2D eigenvalue weighted by molar-refractivity contribution is 6.03. The fraction of sp³-hybridized carbons (Fsp3) is 0.0455. The van der Waals surface area contributed by atoms with Crippen molar-refractivity contribution in [2.45, 2.75) is 0 Å². The van der Waals surface area contributed by atoms with Crippen LogP contribution < -0.4 is 0 Å². The van der Waals surface area contributed by atoms with E-state index >= 15 is 0 Å². The molecule has 0 amide bonds. The minimum absolute atomic E-state index is 0.366. The number of hydrogen-bond acceptors (Lipinski definition) is 3. The van der Waals surface area contributed by atoms with Gasteiger partial charge < -0.3 is 9.47 Å². The van der Waals surface area contributed by atoms with E-state index in [1.165, 1.54) is 0 Å². The molecule has 0 aromatic heterocycles. The molecule has 1 aliphatic heterocycles. The largest absolute Gasteiger partial charge is 0.497 e. The second kappa shape index (κ2) is 6.29. The third-order valence-electron chi connectivity index (χ3n) is 4.27. The van der Waals surface area contributed by atoms with Crippen molar-refractivity contribution < 1.29 is 14.3 Å². The first-order valence-corrected chi connectivity index (χ1v) is 7.71. The molecule has 0 radical (unpaired) electrons. The van der Waals surface area contributed by atoms with Crippen molar-refractivity contribution in [3.8, 4) is 0 Å². The van der Waals surface area contributed by atoms with E-state index in [1.807, 2.05) is 30.3 Å². The Morgan fingerprint density at radius 1 is 1.08 bits per heavy atom. The zero-order chi connectivity index (χ0) is 18.1. The normalized spacial score (nSPS) is 12.4. The summed E-state index contributed by atoms with van der Waals surface area (Å²) in [5.41, 5.74) is 5.65. The number of methoxy groups -OCH3 is 1. The number of fused-ring (bicyclic) bond motifs is 1. The monoisotopic (exact) mass is 330 g/mol. The molecule has 124 valence electrons. The Balaban J connectivity index is 2.03. The summed E-state index contributed by atoms with van der Waals surface area (Å²) >= 11 is 0. The lowest BCUT2D eigenvalue weighted by atomic mass is 9.93. The zero-order valence-corrected chi connectivity index (χ0v) is 14.1. The molecular weight excluding hydrogens is 312 g/mol. The first kappa shape index (κ1) is 16.5. The average Bonchev–Trinajstić information content (AvgIpc) is 2.93. The van der Waals surface area contributed by atoms with Crippen LogP contribution in [0.25, 0.3) is 23.2 Å². The molecule has 0 N–H and O–H groups in total. The third kappa shape index (κ3) is 2.81. The minimum atomic E-state index is -0.369. The van der Waals surface area contributed by atoms with Crippen LogP contribution in [0.3, 0.4) is 0 Å². The topological polar surface area (TPSA) is 35.5 Å². The second-order valence-corrected chi connectivity index (χ2v) is 5.69. The highest BCUT2D eigenvalue weighted by atomic mass is 16.5. The van der Waals surface area contributed by atoms with E-state index in [-0.39, 0.29) is 5.97 Å². The molecule has 2 aromatic carbocycles. The van der Waals surface area contributed by atoms with E-state index in [0.29, 0.717) is 22.6 Å². The molecule has 0 spiro atoms. The molecule has 25 heavy (non-hydrogen) atoms. The summed E-state index contributed by atoms with van der Waals surface area (Å²) in [5, 5.41) is 0. The predicted molar refractivity (Wildman–Crippen MR) is 102 cm³/mol. The summed E-state index contributed by atoms with van der Waals surface area (Å²) in [4.78, 5) is 11.7. The van der Waals surface area contributed by atoms with Crippen molar-refractivity contribution in [2.24, 2.45) is 0 Å². The van der Waals surface area contributed by atoms with Gasteiger partial charge in [-0.3, -0.25) is 0 Å². The summed E-state index contributed by atoms with van der Waals surface area (Å²) in [7, 11) is 1.58. The van der Waals surface area contributed by atoms with E-state index in [2.05, 4.69) is 26.3 Å². The standard InChI is InChI=1S/C22H18O3/c1-6-16-7-8-17(11-20(16)14(3)24-5)13(2)18-9-10-19-21(12-18)15(4)25-22(19)23/h6-12H,1-4H2,5H3. The number of ether oxygens (including phenoxy) is 2. The van der Waals surface area contributed by atoms with Crippen molar-refractivity contribution in [1.29, 1.82) is 0 Å². The molecule has 0 bridgehead atoms. The van der Waals surface area contributed by atoms with Gasteiger partial charge in [0.2, 0.25) is 0 Å². The highest BCUT2D eigenvalue weighted by Gasteiger charge is 2.25. The van der Waals surface area contributed by atoms with Gasteiger partial charge in [-0.15, -0.1) is 0 Å². The van der Waals surface area contributed by atoms with Gasteiger partial charge in [-0.05, 0) is 40.5 Å². The maximum absolute atomic E-state index is 11.7. The molecule has 0 unspecified atom stereocenters. The van der Waals surface area contributed by atoms with E-state index in [4.69, 9.17) is 9.47 Å². The minimum Gasteiger partial charge on any atom is -0.497 e. The molecular formula is C22H18O3. The molecule has 3 nitrogen and oxygen atoms in total. The van der Waals surface area contributed by atoms with E-state index in [1.54, 1.807) is 19.3 Å². The number of hydrogen-bond donors (Lipinski definition) is 0. The number of cyclic esters (lactones) is 1.